The SMILES string of the molecule is O=C(NCCc1ccc2c(c1)[C@H]1C[C@H](N2)[C@H](O)CO1)C(=O)N[C@@H]1C[C@H]2CC[C@@H]1C2. The number of aliphatic hydroxyl groups excluding tert-OH is 1. The van der Waals surface area contributed by atoms with Crippen LogP contribution in [0, 0.1) is 11.8 Å². The van der Waals surface area contributed by atoms with Gasteiger partial charge in [-0.3, -0.25) is 9.59 Å². The van der Waals surface area contributed by atoms with E-state index in [1.807, 2.05) is 12.1 Å². The molecule has 2 aliphatic carbocycles. The predicted molar refractivity (Wildman–Crippen MR) is 107 cm³/mol. The van der Waals surface area contributed by atoms with Gasteiger partial charge in [-0.1, -0.05) is 18.6 Å². The summed E-state index contributed by atoms with van der Waals surface area (Å²) in [5.41, 5.74) is 3.20. The van der Waals surface area contributed by atoms with Crippen LogP contribution in [0.4, 0.5) is 5.69 Å². The monoisotopic (exact) mass is 399 g/mol. The molecule has 7 nitrogen and oxygen atoms in total. The van der Waals surface area contributed by atoms with Crippen LogP contribution in [0.2, 0.25) is 0 Å². The molecular formula is C22H29N3O4. The third kappa shape index (κ3) is 3.73. The summed E-state index contributed by atoms with van der Waals surface area (Å²) in [5, 5.41) is 19.0. The van der Waals surface area contributed by atoms with E-state index >= 15 is 0 Å². The number of hydrogen-bond donors (Lipinski definition) is 4. The van der Waals surface area contributed by atoms with Crippen molar-refractivity contribution in [3.05, 3.63) is 29.3 Å². The number of fused-ring (bicyclic) bond motifs is 6. The zero-order valence-corrected chi connectivity index (χ0v) is 16.5. The Morgan fingerprint density at radius 3 is 2.86 bits per heavy atom. The molecule has 1 aromatic carbocycles. The van der Waals surface area contributed by atoms with Crippen molar-refractivity contribution >= 4 is 17.5 Å². The Hall–Kier alpha value is -2.12. The number of amides is 2. The maximum atomic E-state index is 12.2. The van der Waals surface area contributed by atoms with Gasteiger partial charge in [-0.25, -0.2) is 0 Å². The van der Waals surface area contributed by atoms with Crippen LogP contribution in [0.5, 0.6) is 0 Å². The van der Waals surface area contributed by atoms with Gasteiger partial charge < -0.3 is 25.8 Å². The first kappa shape index (κ1) is 18.9. The van der Waals surface area contributed by atoms with E-state index in [1.54, 1.807) is 0 Å². The molecule has 1 aromatic rings. The maximum absolute atomic E-state index is 12.2. The van der Waals surface area contributed by atoms with Crippen LogP contribution in [0.15, 0.2) is 18.2 Å². The molecule has 0 unspecified atom stereocenters. The van der Waals surface area contributed by atoms with Gasteiger partial charge in [-0.05, 0) is 49.1 Å². The third-order valence-corrected chi connectivity index (χ3v) is 7.16. The summed E-state index contributed by atoms with van der Waals surface area (Å²) in [5.74, 6) is 0.249. The normalized spacial score (nSPS) is 34.2. The Bertz CT molecular complexity index is 813. The van der Waals surface area contributed by atoms with Crippen molar-refractivity contribution in [2.24, 2.45) is 11.8 Å². The van der Waals surface area contributed by atoms with Crippen LogP contribution in [0.25, 0.3) is 0 Å². The molecule has 6 atom stereocenters. The lowest BCUT2D eigenvalue weighted by molar-refractivity contribution is -0.139. The number of carbonyl (C=O) groups excluding carboxylic acids is 2. The standard InChI is InChI=1S/C22H29N3O4/c26-19-11-29-20-10-18(19)24-16-4-2-12(8-15(16)20)5-6-23-21(27)22(28)25-17-9-13-1-3-14(17)7-13/h2,4,8,13-14,17-20,24,26H,1,3,5-7,9-11H2,(H,23,27)(H,25,28)/t13-,14+,17+,18-,19+,20+/m0/s1. The van der Waals surface area contributed by atoms with Gasteiger partial charge in [0, 0.05) is 30.3 Å². The molecule has 0 aromatic heterocycles. The number of benzene rings is 1. The molecule has 3 fully saturated rings. The number of anilines is 1. The van der Waals surface area contributed by atoms with Gasteiger partial charge in [0.05, 0.1) is 24.9 Å². The lowest BCUT2D eigenvalue weighted by Crippen LogP contribution is -2.46. The number of carbonyl (C=O) groups is 2. The van der Waals surface area contributed by atoms with E-state index < -0.39 is 17.9 Å². The topological polar surface area (TPSA) is 99.7 Å². The van der Waals surface area contributed by atoms with Crippen LogP contribution < -0.4 is 16.0 Å². The molecule has 29 heavy (non-hydrogen) atoms. The highest BCUT2D eigenvalue weighted by molar-refractivity contribution is 6.35. The van der Waals surface area contributed by atoms with E-state index in [4.69, 9.17) is 4.74 Å². The first-order chi connectivity index (χ1) is 14.1. The van der Waals surface area contributed by atoms with Crippen molar-refractivity contribution in [1.82, 2.24) is 10.6 Å². The van der Waals surface area contributed by atoms with E-state index in [9.17, 15) is 14.7 Å². The molecule has 1 saturated heterocycles. The maximum Gasteiger partial charge on any atom is 0.309 e. The Labute approximate surface area is 170 Å². The molecule has 2 amide bonds. The fourth-order valence-corrected chi connectivity index (χ4v) is 5.58. The van der Waals surface area contributed by atoms with Crippen molar-refractivity contribution in [3.63, 3.8) is 0 Å². The third-order valence-electron chi connectivity index (χ3n) is 7.16. The summed E-state index contributed by atoms with van der Waals surface area (Å²) in [4.78, 5) is 24.3. The fourth-order valence-electron chi connectivity index (χ4n) is 5.58. The van der Waals surface area contributed by atoms with Gasteiger partial charge in [0.25, 0.3) is 0 Å². The average Bonchev–Trinajstić information content (AvgIpc) is 3.34. The second kappa shape index (κ2) is 7.61. The minimum absolute atomic E-state index is 0.00159. The Morgan fingerprint density at radius 2 is 2.07 bits per heavy atom. The van der Waals surface area contributed by atoms with E-state index in [0.29, 0.717) is 25.5 Å². The van der Waals surface area contributed by atoms with Crippen LogP contribution in [-0.2, 0) is 20.7 Å². The lowest BCUT2D eigenvalue weighted by atomic mass is 9.89. The van der Waals surface area contributed by atoms with Crippen LogP contribution in [-0.4, -0.2) is 48.3 Å². The van der Waals surface area contributed by atoms with Gasteiger partial charge in [0.1, 0.15) is 0 Å². The summed E-state index contributed by atoms with van der Waals surface area (Å²) < 4.78 is 5.79. The van der Waals surface area contributed by atoms with Crippen molar-refractivity contribution < 1.29 is 19.4 Å². The minimum Gasteiger partial charge on any atom is -0.389 e. The van der Waals surface area contributed by atoms with Crippen molar-refractivity contribution in [1.29, 1.82) is 0 Å². The Morgan fingerprint density at radius 1 is 1.17 bits per heavy atom. The van der Waals surface area contributed by atoms with Gasteiger partial charge in [0.2, 0.25) is 0 Å². The van der Waals surface area contributed by atoms with E-state index in [2.05, 4.69) is 22.0 Å². The summed E-state index contributed by atoms with van der Waals surface area (Å²) >= 11 is 0. The minimum atomic E-state index is -0.542. The summed E-state index contributed by atoms with van der Waals surface area (Å²) in [6, 6.07) is 6.34. The summed E-state index contributed by atoms with van der Waals surface area (Å²) in [6.45, 7) is 0.766. The molecule has 0 radical (unpaired) electrons. The van der Waals surface area contributed by atoms with Crippen molar-refractivity contribution in [3.8, 4) is 0 Å². The molecule has 0 spiro atoms. The van der Waals surface area contributed by atoms with Crippen LogP contribution in [0.1, 0.15) is 49.3 Å². The molecule has 4 bridgehead atoms. The molecule has 5 rings (SSSR count). The molecule has 4 aliphatic rings. The fraction of sp³-hybridized carbons (Fsp3) is 0.636. The Balaban J connectivity index is 1.12. The highest BCUT2D eigenvalue weighted by Crippen LogP contribution is 2.44. The van der Waals surface area contributed by atoms with Gasteiger partial charge >= 0.3 is 11.8 Å². The summed E-state index contributed by atoms with van der Waals surface area (Å²) in [7, 11) is 0. The van der Waals surface area contributed by atoms with E-state index in [0.717, 1.165) is 35.6 Å². The Kier molecular flexibility index (Phi) is 4.95. The highest BCUT2D eigenvalue weighted by Gasteiger charge is 2.40. The van der Waals surface area contributed by atoms with Crippen molar-refractivity contribution in [2.45, 2.75) is 62.8 Å². The van der Waals surface area contributed by atoms with Crippen molar-refractivity contribution in [2.75, 3.05) is 18.5 Å². The predicted octanol–water partition coefficient (Wildman–Crippen LogP) is 1.27. The molecule has 4 N–H and O–H groups in total. The largest absolute Gasteiger partial charge is 0.389 e. The van der Waals surface area contributed by atoms with E-state index in [1.165, 1.54) is 19.3 Å². The van der Waals surface area contributed by atoms with Gasteiger partial charge in [0.15, 0.2) is 0 Å². The lowest BCUT2D eigenvalue weighted by Gasteiger charge is -2.40. The molecule has 156 valence electrons. The quantitative estimate of drug-likeness (QED) is 0.572. The average molecular weight is 399 g/mol. The molecule has 2 aliphatic heterocycles. The zero-order valence-electron chi connectivity index (χ0n) is 16.5. The summed E-state index contributed by atoms with van der Waals surface area (Å²) in [6.07, 6.45) is 5.61. The highest BCUT2D eigenvalue weighted by atomic mass is 16.5. The molecule has 2 heterocycles. The van der Waals surface area contributed by atoms with Gasteiger partial charge in [-0.15, -0.1) is 0 Å². The number of aliphatic hydroxyl groups is 1. The number of hydrogen-bond acceptors (Lipinski definition) is 5. The zero-order chi connectivity index (χ0) is 20.0. The first-order valence-electron chi connectivity index (χ1n) is 10.8. The van der Waals surface area contributed by atoms with Crippen LogP contribution in [0.3, 0.4) is 0 Å². The van der Waals surface area contributed by atoms with Gasteiger partial charge in [-0.2, -0.15) is 0 Å². The number of nitrogens with one attached hydrogen (secondary N) is 3. The first-order valence-corrected chi connectivity index (χ1v) is 10.8. The number of ether oxygens (including phenoxy) is 1. The number of rotatable bonds is 4. The van der Waals surface area contributed by atoms with E-state index in [-0.39, 0.29) is 18.2 Å². The second-order valence-corrected chi connectivity index (χ2v) is 9.06. The second-order valence-electron chi connectivity index (χ2n) is 9.06. The van der Waals surface area contributed by atoms with Crippen LogP contribution >= 0.6 is 0 Å². The molecular weight excluding hydrogens is 370 g/mol. The molecule has 7 heteroatoms. The smallest absolute Gasteiger partial charge is 0.309 e. The molecule has 2 saturated carbocycles.